The molecule has 1 rings (SSSR count). The number of hydrogen-bond acceptors (Lipinski definition) is 3. The van der Waals surface area contributed by atoms with E-state index >= 15 is 0 Å². The second-order valence-electron chi connectivity index (χ2n) is 5.65. The molecule has 0 spiro atoms. The van der Waals surface area contributed by atoms with Gasteiger partial charge in [-0.05, 0) is 43.9 Å². The van der Waals surface area contributed by atoms with Crippen LogP contribution in [0.25, 0.3) is 0 Å². The lowest BCUT2D eigenvalue weighted by Gasteiger charge is -2.32. The van der Waals surface area contributed by atoms with Gasteiger partial charge in [-0.3, -0.25) is 0 Å². The van der Waals surface area contributed by atoms with Crippen LogP contribution in [0.1, 0.15) is 38.3 Å². The molecule has 1 aromatic carbocycles. The van der Waals surface area contributed by atoms with Crippen molar-refractivity contribution in [3.05, 3.63) is 29.3 Å². The molecule has 1 aromatic rings. The first-order chi connectivity index (χ1) is 8.40. The summed E-state index contributed by atoms with van der Waals surface area (Å²) in [6.45, 7) is 8.99. The summed E-state index contributed by atoms with van der Waals surface area (Å²) < 4.78 is 0. The standard InChI is InChI=1S/C15H23N3/c1-11(2)8-15(4,10-17)18-14-6-5-12(3)7-13(14)9-16/h5-7,11,18H,8,10,17H2,1-4H3. The van der Waals surface area contributed by atoms with Gasteiger partial charge < -0.3 is 11.1 Å². The molecule has 0 bridgehead atoms. The van der Waals surface area contributed by atoms with E-state index in [2.05, 4.69) is 32.2 Å². The summed E-state index contributed by atoms with van der Waals surface area (Å²) in [5.41, 5.74) is 8.35. The summed E-state index contributed by atoms with van der Waals surface area (Å²) in [5.74, 6) is 0.557. The van der Waals surface area contributed by atoms with E-state index < -0.39 is 0 Å². The van der Waals surface area contributed by atoms with E-state index in [0.29, 0.717) is 18.0 Å². The molecule has 0 amide bonds. The fourth-order valence-corrected chi connectivity index (χ4v) is 2.27. The minimum atomic E-state index is -0.172. The molecule has 0 saturated heterocycles. The molecule has 3 nitrogen and oxygen atoms in total. The lowest BCUT2D eigenvalue weighted by Crippen LogP contribution is -2.43. The minimum absolute atomic E-state index is 0.172. The molecule has 3 heteroatoms. The molecule has 0 aliphatic heterocycles. The molecule has 0 radical (unpaired) electrons. The minimum Gasteiger partial charge on any atom is -0.378 e. The molecule has 0 fully saturated rings. The maximum atomic E-state index is 9.17. The van der Waals surface area contributed by atoms with Crippen LogP contribution in [0, 0.1) is 24.2 Å². The van der Waals surface area contributed by atoms with Gasteiger partial charge in [0.2, 0.25) is 0 Å². The maximum Gasteiger partial charge on any atom is 0.101 e. The van der Waals surface area contributed by atoms with Crippen molar-refractivity contribution in [1.29, 1.82) is 5.26 Å². The molecule has 0 saturated carbocycles. The number of hydrogen-bond donors (Lipinski definition) is 2. The summed E-state index contributed by atoms with van der Waals surface area (Å²) >= 11 is 0. The Morgan fingerprint density at radius 1 is 1.44 bits per heavy atom. The van der Waals surface area contributed by atoms with Gasteiger partial charge in [0.15, 0.2) is 0 Å². The smallest absolute Gasteiger partial charge is 0.101 e. The molecular formula is C15H23N3. The van der Waals surface area contributed by atoms with E-state index in [4.69, 9.17) is 5.73 Å². The number of anilines is 1. The number of nitrogens with two attached hydrogens (primary N) is 1. The zero-order valence-corrected chi connectivity index (χ0v) is 11.7. The number of benzene rings is 1. The number of nitrogens with one attached hydrogen (secondary N) is 1. The highest BCUT2D eigenvalue weighted by molar-refractivity contribution is 5.59. The first kappa shape index (κ1) is 14.5. The van der Waals surface area contributed by atoms with E-state index in [9.17, 15) is 5.26 Å². The van der Waals surface area contributed by atoms with E-state index in [1.165, 1.54) is 0 Å². The Balaban J connectivity index is 2.98. The highest BCUT2D eigenvalue weighted by atomic mass is 15.0. The highest BCUT2D eigenvalue weighted by Crippen LogP contribution is 2.24. The Labute approximate surface area is 110 Å². The summed E-state index contributed by atoms with van der Waals surface area (Å²) in [6, 6.07) is 8.10. The van der Waals surface area contributed by atoms with Crippen molar-refractivity contribution in [2.75, 3.05) is 11.9 Å². The zero-order chi connectivity index (χ0) is 13.8. The number of rotatable bonds is 5. The fourth-order valence-electron chi connectivity index (χ4n) is 2.27. The molecule has 98 valence electrons. The molecule has 18 heavy (non-hydrogen) atoms. The van der Waals surface area contributed by atoms with Crippen molar-refractivity contribution >= 4 is 5.69 Å². The summed E-state index contributed by atoms with van der Waals surface area (Å²) in [6.07, 6.45) is 0.974. The number of nitriles is 1. The molecule has 0 aromatic heterocycles. The molecule has 1 atom stereocenters. The van der Waals surface area contributed by atoms with Crippen molar-refractivity contribution < 1.29 is 0 Å². The Morgan fingerprint density at radius 2 is 2.11 bits per heavy atom. The fraction of sp³-hybridized carbons (Fsp3) is 0.533. The van der Waals surface area contributed by atoms with E-state index in [1.807, 2.05) is 25.1 Å². The molecular weight excluding hydrogens is 222 g/mol. The maximum absolute atomic E-state index is 9.17. The van der Waals surface area contributed by atoms with Crippen molar-refractivity contribution in [3.63, 3.8) is 0 Å². The molecule has 0 aliphatic rings. The average molecular weight is 245 g/mol. The predicted octanol–water partition coefficient (Wildman–Crippen LogP) is 3.04. The first-order valence-corrected chi connectivity index (χ1v) is 6.39. The predicted molar refractivity (Wildman–Crippen MR) is 76.4 cm³/mol. The summed E-state index contributed by atoms with van der Waals surface area (Å²) in [7, 11) is 0. The van der Waals surface area contributed by atoms with Crippen molar-refractivity contribution in [2.24, 2.45) is 11.7 Å². The van der Waals surface area contributed by atoms with Crippen LogP contribution in [-0.2, 0) is 0 Å². The quantitative estimate of drug-likeness (QED) is 0.838. The largest absolute Gasteiger partial charge is 0.378 e. The SMILES string of the molecule is Cc1ccc(NC(C)(CN)CC(C)C)c(C#N)c1. The normalized spacial score (nSPS) is 14.1. The van der Waals surface area contributed by atoms with Gasteiger partial charge in [-0.15, -0.1) is 0 Å². The molecule has 3 N–H and O–H groups in total. The zero-order valence-electron chi connectivity index (χ0n) is 11.7. The van der Waals surface area contributed by atoms with E-state index in [0.717, 1.165) is 17.7 Å². The van der Waals surface area contributed by atoms with Gasteiger partial charge in [-0.2, -0.15) is 5.26 Å². The van der Waals surface area contributed by atoms with Crippen LogP contribution in [0.5, 0.6) is 0 Å². The molecule has 0 heterocycles. The Hall–Kier alpha value is -1.53. The van der Waals surface area contributed by atoms with Gasteiger partial charge in [0.1, 0.15) is 6.07 Å². The van der Waals surface area contributed by atoms with Gasteiger partial charge in [-0.25, -0.2) is 0 Å². The Kier molecular flexibility index (Phi) is 4.75. The van der Waals surface area contributed by atoms with Gasteiger partial charge >= 0.3 is 0 Å². The van der Waals surface area contributed by atoms with Gasteiger partial charge in [0.25, 0.3) is 0 Å². The lowest BCUT2D eigenvalue weighted by atomic mass is 9.90. The van der Waals surface area contributed by atoms with Crippen LogP contribution in [0.15, 0.2) is 18.2 Å². The Bertz CT molecular complexity index is 446. The molecule has 0 aliphatic carbocycles. The summed E-state index contributed by atoms with van der Waals surface area (Å²) in [5, 5.41) is 12.6. The van der Waals surface area contributed by atoms with E-state index in [1.54, 1.807) is 0 Å². The van der Waals surface area contributed by atoms with Gasteiger partial charge in [0, 0.05) is 12.1 Å². The van der Waals surface area contributed by atoms with Crippen LogP contribution < -0.4 is 11.1 Å². The Morgan fingerprint density at radius 3 is 2.61 bits per heavy atom. The van der Waals surface area contributed by atoms with Gasteiger partial charge in [-0.1, -0.05) is 19.9 Å². The third-order valence-electron chi connectivity index (χ3n) is 3.04. The average Bonchev–Trinajstić information content (AvgIpc) is 2.30. The van der Waals surface area contributed by atoms with Crippen LogP contribution in [0.4, 0.5) is 5.69 Å². The van der Waals surface area contributed by atoms with Crippen molar-refractivity contribution in [2.45, 2.75) is 39.7 Å². The van der Waals surface area contributed by atoms with Crippen molar-refractivity contribution in [3.8, 4) is 6.07 Å². The van der Waals surface area contributed by atoms with Crippen LogP contribution >= 0.6 is 0 Å². The van der Waals surface area contributed by atoms with Gasteiger partial charge in [0.05, 0.1) is 11.3 Å². The van der Waals surface area contributed by atoms with Crippen LogP contribution in [0.3, 0.4) is 0 Å². The number of nitrogens with zero attached hydrogens (tertiary/aromatic N) is 1. The number of aryl methyl sites for hydroxylation is 1. The molecule has 1 unspecified atom stereocenters. The summed E-state index contributed by atoms with van der Waals surface area (Å²) in [4.78, 5) is 0. The highest BCUT2D eigenvalue weighted by Gasteiger charge is 2.24. The third kappa shape index (κ3) is 3.75. The lowest BCUT2D eigenvalue weighted by molar-refractivity contribution is 0.407. The second-order valence-corrected chi connectivity index (χ2v) is 5.65. The first-order valence-electron chi connectivity index (χ1n) is 6.39. The van der Waals surface area contributed by atoms with Crippen LogP contribution in [-0.4, -0.2) is 12.1 Å². The second kappa shape index (κ2) is 5.88. The van der Waals surface area contributed by atoms with Crippen LogP contribution in [0.2, 0.25) is 0 Å². The topological polar surface area (TPSA) is 61.8 Å². The monoisotopic (exact) mass is 245 g/mol. The van der Waals surface area contributed by atoms with Crippen molar-refractivity contribution in [1.82, 2.24) is 0 Å². The third-order valence-corrected chi connectivity index (χ3v) is 3.04. The van der Waals surface area contributed by atoms with E-state index in [-0.39, 0.29) is 5.54 Å².